The number of furan rings is 1. The van der Waals surface area contributed by atoms with E-state index in [1.54, 1.807) is 24.7 Å². The van der Waals surface area contributed by atoms with Gasteiger partial charge in [0.2, 0.25) is 0 Å². The largest absolute Gasteiger partial charge is 0.472 e. The van der Waals surface area contributed by atoms with Crippen molar-refractivity contribution in [3.8, 4) is 0 Å². The highest BCUT2D eigenvalue weighted by Gasteiger charge is 2.12. The highest BCUT2D eigenvalue weighted by molar-refractivity contribution is 5.29. The van der Waals surface area contributed by atoms with Gasteiger partial charge in [-0.3, -0.25) is 5.84 Å². The molecule has 2 rings (SSSR count). The van der Waals surface area contributed by atoms with Crippen LogP contribution in [0.2, 0.25) is 0 Å². The Balaban J connectivity index is 2.31. The van der Waals surface area contributed by atoms with E-state index in [-0.39, 0.29) is 11.9 Å². The quantitative estimate of drug-likeness (QED) is 0.596. The average molecular weight is 206 g/mol. The summed E-state index contributed by atoms with van der Waals surface area (Å²) in [6, 6.07) is 7.82. The summed E-state index contributed by atoms with van der Waals surface area (Å²) >= 11 is 0. The number of hydrogen-bond donors (Lipinski definition) is 2. The molecular formula is C11H11FN2O. The number of benzene rings is 1. The van der Waals surface area contributed by atoms with Gasteiger partial charge in [0.15, 0.2) is 0 Å². The second-order valence-electron chi connectivity index (χ2n) is 3.21. The first-order chi connectivity index (χ1) is 7.31. The Morgan fingerprint density at radius 1 is 1.13 bits per heavy atom. The van der Waals surface area contributed by atoms with Crippen molar-refractivity contribution in [2.24, 2.45) is 5.84 Å². The maximum Gasteiger partial charge on any atom is 0.123 e. The molecule has 1 aromatic heterocycles. The number of halogens is 1. The van der Waals surface area contributed by atoms with Gasteiger partial charge in [-0.25, -0.2) is 9.82 Å². The van der Waals surface area contributed by atoms with Crippen LogP contribution in [0.1, 0.15) is 17.2 Å². The predicted octanol–water partition coefficient (Wildman–Crippen LogP) is 1.97. The highest BCUT2D eigenvalue weighted by Crippen LogP contribution is 2.21. The SMILES string of the molecule is NNC(c1ccc(F)cc1)c1ccoc1. The van der Waals surface area contributed by atoms with Crippen molar-refractivity contribution >= 4 is 0 Å². The van der Waals surface area contributed by atoms with E-state index < -0.39 is 0 Å². The van der Waals surface area contributed by atoms with Crippen molar-refractivity contribution in [2.75, 3.05) is 0 Å². The van der Waals surface area contributed by atoms with Crippen molar-refractivity contribution < 1.29 is 8.81 Å². The molecule has 3 N–H and O–H groups in total. The van der Waals surface area contributed by atoms with Gasteiger partial charge in [-0.15, -0.1) is 0 Å². The van der Waals surface area contributed by atoms with Gasteiger partial charge in [0.05, 0.1) is 18.6 Å². The molecule has 3 nitrogen and oxygen atoms in total. The summed E-state index contributed by atoms with van der Waals surface area (Å²) in [6.45, 7) is 0. The summed E-state index contributed by atoms with van der Waals surface area (Å²) in [5, 5.41) is 0. The molecule has 0 spiro atoms. The third kappa shape index (κ3) is 2.06. The molecule has 1 atom stereocenters. The zero-order valence-corrected chi connectivity index (χ0v) is 7.98. The molecular weight excluding hydrogens is 195 g/mol. The molecule has 0 fully saturated rings. The minimum absolute atomic E-state index is 0.177. The lowest BCUT2D eigenvalue weighted by atomic mass is 10.0. The molecule has 4 heteroatoms. The molecule has 78 valence electrons. The summed E-state index contributed by atoms with van der Waals surface area (Å²) in [6.07, 6.45) is 3.18. The number of nitrogens with two attached hydrogens (primary N) is 1. The van der Waals surface area contributed by atoms with E-state index in [9.17, 15) is 4.39 Å². The zero-order valence-electron chi connectivity index (χ0n) is 7.98. The molecule has 0 aliphatic rings. The van der Waals surface area contributed by atoms with Gasteiger partial charge in [0.1, 0.15) is 5.82 Å². The fourth-order valence-electron chi connectivity index (χ4n) is 1.48. The lowest BCUT2D eigenvalue weighted by molar-refractivity contribution is 0.553. The van der Waals surface area contributed by atoms with Gasteiger partial charge < -0.3 is 4.42 Å². The van der Waals surface area contributed by atoms with Gasteiger partial charge in [0.25, 0.3) is 0 Å². The molecule has 1 unspecified atom stereocenters. The minimum Gasteiger partial charge on any atom is -0.472 e. The molecule has 0 aliphatic heterocycles. The topological polar surface area (TPSA) is 51.2 Å². The fourth-order valence-corrected chi connectivity index (χ4v) is 1.48. The second-order valence-corrected chi connectivity index (χ2v) is 3.21. The standard InChI is InChI=1S/C11H11FN2O/c12-10-3-1-8(2-4-10)11(14-13)9-5-6-15-7-9/h1-7,11,14H,13H2. The van der Waals surface area contributed by atoms with Gasteiger partial charge in [-0.2, -0.15) is 0 Å². The van der Waals surface area contributed by atoms with Crippen LogP contribution in [0.4, 0.5) is 4.39 Å². The van der Waals surface area contributed by atoms with E-state index >= 15 is 0 Å². The Morgan fingerprint density at radius 2 is 1.87 bits per heavy atom. The number of rotatable bonds is 3. The Hall–Kier alpha value is -1.65. The smallest absolute Gasteiger partial charge is 0.123 e. The van der Waals surface area contributed by atoms with E-state index in [1.807, 2.05) is 6.07 Å². The van der Waals surface area contributed by atoms with Crippen LogP contribution in [-0.2, 0) is 0 Å². The second kappa shape index (κ2) is 4.25. The summed E-state index contributed by atoms with van der Waals surface area (Å²) in [7, 11) is 0. The molecule has 0 saturated heterocycles. The van der Waals surface area contributed by atoms with E-state index in [0.717, 1.165) is 11.1 Å². The monoisotopic (exact) mass is 206 g/mol. The maximum atomic E-state index is 12.7. The maximum absolute atomic E-state index is 12.7. The number of hydrogen-bond acceptors (Lipinski definition) is 3. The summed E-state index contributed by atoms with van der Waals surface area (Å²) < 4.78 is 17.7. The lowest BCUT2D eigenvalue weighted by Gasteiger charge is -2.14. The number of hydrazine groups is 1. The van der Waals surface area contributed by atoms with E-state index in [1.165, 1.54) is 12.1 Å². The Labute approximate surface area is 86.7 Å². The third-order valence-electron chi connectivity index (χ3n) is 2.25. The van der Waals surface area contributed by atoms with Gasteiger partial charge in [0, 0.05) is 5.56 Å². The van der Waals surface area contributed by atoms with E-state index in [2.05, 4.69) is 5.43 Å². The number of nitrogens with one attached hydrogen (secondary N) is 1. The van der Waals surface area contributed by atoms with Crippen LogP contribution in [0.5, 0.6) is 0 Å². The summed E-state index contributed by atoms with van der Waals surface area (Å²) in [5.41, 5.74) is 4.45. The normalized spacial score (nSPS) is 12.7. The van der Waals surface area contributed by atoms with Gasteiger partial charge in [-0.1, -0.05) is 12.1 Å². The fraction of sp³-hybridized carbons (Fsp3) is 0.0909. The van der Waals surface area contributed by atoms with Crippen molar-refractivity contribution in [1.82, 2.24) is 5.43 Å². The molecule has 1 aromatic carbocycles. The van der Waals surface area contributed by atoms with Crippen LogP contribution < -0.4 is 11.3 Å². The van der Waals surface area contributed by atoms with E-state index in [0.29, 0.717) is 0 Å². The average Bonchev–Trinajstić information content (AvgIpc) is 2.75. The van der Waals surface area contributed by atoms with Crippen LogP contribution in [0, 0.1) is 5.82 Å². The van der Waals surface area contributed by atoms with E-state index in [4.69, 9.17) is 10.3 Å². The molecule has 2 aromatic rings. The molecule has 0 bridgehead atoms. The van der Waals surface area contributed by atoms with Crippen molar-refractivity contribution in [3.63, 3.8) is 0 Å². The molecule has 0 radical (unpaired) electrons. The molecule has 0 aliphatic carbocycles. The first-order valence-electron chi connectivity index (χ1n) is 4.55. The summed E-state index contributed by atoms with van der Waals surface area (Å²) in [5.74, 6) is 5.19. The van der Waals surface area contributed by atoms with Crippen LogP contribution in [-0.4, -0.2) is 0 Å². The molecule has 0 amide bonds. The van der Waals surface area contributed by atoms with Crippen molar-refractivity contribution in [2.45, 2.75) is 6.04 Å². The first-order valence-corrected chi connectivity index (χ1v) is 4.55. The van der Waals surface area contributed by atoms with Crippen molar-refractivity contribution in [1.29, 1.82) is 0 Å². The first kappa shape index (κ1) is 9.89. The van der Waals surface area contributed by atoms with Crippen LogP contribution in [0.25, 0.3) is 0 Å². The zero-order chi connectivity index (χ0) is 10.7. The molecule has 1 heterocycles. The Kier molecular flexibility index (Phi) is 2.80. The minimum atomic E-state index is -0.262. The highest BCUT2D eigenvalue weighted by atomic mass is 19.1. The third-order valence-corrected chi connectivity index (χ3v) is 2.25. The Bertz CT molecular complexity index is 411. The van der Waals surface area contributed by atoms with Crippen LogP contribution in [0.3, 0.4) is 0 Å². The van der Waals surface area contributed by atoms with Crippen LogP contribution in [0.15, 0.2) is 47.3 Å². The summed E-state index contributed by atoms with van der Waals surface area (Å²) in [4.78, 5) is 0. The molecule has 15 heavy (non-hydrogen) atoms. The van der Waals surface area contributed by atoms with Gasteiger partial charge in [-0.05, 0) is 23.8 Å². The molecule has 0 saturated carbocycles. The predicted molar refractivity (Wildman–Crippen MR) is 54.3 cm³/mol. The van der Waals surface area contributed by atoms with Crippen LogP contribution >= 0.6 is 0 Å². The van der Waals surface area contributed by atoms with Gasteiger partial charge >= 0.3 is 0 Å². The Morgan fingerprint density at radius 3 is 2.40 bits per heavy atom. The lowest BCUT2D eigenvalue weighted by Crippen LogP contribution is -2.28. The van der Waals surface area contributed by atoms with Crippen molar-refractivity contribution in [3.05, 3.63) is 59.8 Å².